The first kappa shape index (κ1) is 16.4. The maximum Gasteiger partial charge on any atom is 0.324 e. The Morgan fingerprint density at radius 3 is 2.74 bits per heavy atom. The Morgan fingerprint density at radius 1 is 1.42 bits per heavy atom. The average molecular weight is 271 g/mol. The lowest BCUT2D eigenvalue weighted by molar-refractivity contribution is -0.150. The highest BCUT2D eigenvalue weighted by Crippen LogP contribution is 2.33. The van der Waals surface area contributed by atoms with Crippen LogP contribution in [-0.4, -0.2) is 47.8 Å². The molecule has 0 amide bonds. The summed E-state index contributed by atoms with van der Waals surface area (Å²) in [7, 11) is 0. The van der Waals surface area contributed by atoms with Crippen LogP contribution in [0.15, 0.2) is 0 Å². The van der Waals surface area contributed by atoms with Crippen LogP contribution >= 0.6 is 0 Å². The number of carboxylic acid groups (broad SMARTS) is 1. The standard InChI is InChI=1S/C15H29NO3/c1-4-7-15(14(17)18)8-5-9-16(15)10-12-19-11-6-13(2)3/h13H,4-12H2,1-3H3,(H,17,18). The molecule has 1 aliphatic rings. The summed E-state index contributed by atoms with van der Waals surface area (Å²) in [4.78, 5) is 13.7. The molecular weight excluding hydrogens is 242 g/mol. The average Bonchev–Trinajstić information content (AvgIpc) is 2.73. The van der Waals surface area contributed by atoms with E-state index in [1.165, 1.54) is 0 Å². The van der Waals surface area contributed by atoms with Gasteiger partial charge in [0.25, 0.3) is 0 Å². The number of hydrogen-bond donors (Lipinski definition) is 1. The Morgan fingerprint density at radius 2 is 2.16 bits per heavy atom. The SMILES string of the molecule is CCCC1(C(=O)O)CCCN1CCOCCC(C)C. The molecule has 0 aliphatic carbocycles. The molecule has 1 atom stereocenters. The van der Waals surface area contributed by atoms with Gasteiger partial charge in [0.2, 0.25) is 0 Å². The van der Waals surface area contributed by atoms with Crippen molar-refractivity contribution in [3.05, 3.63) is 0 Å². The Kier molecular flexibility index (Phi) is 6.80. The van der Waals surface area contributed by atoms with Gasteiger partial charge in [0.15, 0.2) is 0 Å². The minimum Gasteiger partial charge on any atom is -0.480 e. The molecule has 0 bridgehead atoms. The highest BCUT2D eigenvalue weighted by atomic mass is 16.5. The Hall–Kier alpha value is -0.610. The van der Waals surface area contributed by atoms with Gasteiger partial charge in [-0.1, -0.05) is 27.2 Å². The molecule has 0 radical (unpaired) electrons. The molecule has 0 spiro atoms. The second kappa shape index (κ2) is 7.85. The van der Waals surface area contributed by atoms with Crippen LogP contribution < -0.4 is 0 Å². The van der Waals surface area contributed by atoms with E-state index in [1.807, 2.05) is 0 Å². The fourth-order valence-electron chi connectivity index (χ4n) is 2.90. The van der Waals surface area contributed by atoms with E-state index in [2.05, 4.69) is 25.7 Å². The van der Waals surface area contributed by atoms with E-state index >= 15 is 0 Å². The maximum absolute atomic E-state index is 11.6. The van der Waals surface area contributed by atoms with E-state index in [9.17, 15) is 9.90 Å². The first-order valence-corrected chi connectivity index (χ1v) is 7.59. The zero-order valence-corrected chi connectivity index (χ0v) is 12.7. The second-order valence-electron chi connectivity index (χ2n) is 5.97. The molecule has 1 unspecified atom stereocenters. The van der Waals surface area contributed by atoms with Gasteiger partial charge in [-0.2, -0.15) is 0 Å². The summed E-state index contributed by atoms with van der Waals surface area (Å²) in [5, 5.41) is 9.56. The molecule has 0 aromatic heterocycles. The van der Waals surface area contributed by atoms with Crippen molar-refractivity contribution in [1.29, 1.82) is 0 Å². The van der Waals surface area contributed by atoms with Crippen molar-refractivity contribution in [3.63, 3.8) is 0 Å². The predicted molar refractivity (Wildman–Crippen MR) is 76.4 cm³/mol. The first-order valence-electron chi connectivity index (χ1n) is 7.59. The summed E-state index contributed by atoms with van der Waals surface area (Å²) in [6.07, 6.45) is 4.49. The summed E-state index contributed by atoms with van der Waals surface area (Å²) in [6, 6.07) is 0. The van der Waals surface area contributed by atoms with E-state index in [-0.39, 0.29) is 0 Å². The van der Waals surface area contributed by atoms with Gasteiger partial charge in [0.05, 0.1) is 6.61 Å². The van der Waals surface area contributed by atoms with Crippen LogP contribution in [0.5, 0.6) is 0 Å². The van der Waals surface area contributed by atoms with Crippen molar-refractivity contribution in [2.24, 2.45) is 5.92 Å². The normalized spacial score (nSPS) is 24.2. The third-order valence-corrected chi connectivity index (χ3v) is 4.03. The van der Waals surface area contributed by atoms with Gasteiger partial charge in [-0.15, -0.1) is 0 Å². The van der Waals surface area contributed by atoms with Crippen molar-refractivity contribution in [2.45, 2.75) is 58.4 Å². The number of carboxylic acids is 1. The fraction of sp³-hybridized carbons (Fsp3) is 0.933. The topological polar surface area (TPSA) is 49.8 Å². The van der Waals surface area contributed by atoms with Crippen molar-refractivity contribution < 1.29 is 14.6 Å². The number of rotatable bonds is 9. The van der Waals surface area contributed by atoms with E-state index in [0.717, 1.165) is 51.8 Å². The van der Waals surface area contributed by atoms with Gasteiger partial charge in [-0.3, -0.25) is 9.69 Å². The first-order chi connectivity index (χ1) is 9.03. The molecule has 112 valence electrons. The van der Waals surface area contributed by atoms with Crippen LogP contribution in [0.2, 0.25) is 0 Å². The van der Waals surface area contributed by atoms with Crippen molar-refractivity contribution in [2.75, 3.05) is 26.3 Å². The number of carbonyl (C=O) groups is 1. The number of hydrogen-bond acceptors (Lipinski definition) is 3. The van der Waals surface area contributed by atoms with Gasteiger partial charge >= 0.3 is 5.97 Å². The van der Waals surface area contributed by atoms with E-state index in [4.69, 9.17) is 4.74 Å². The van der Waals surface area contributed by atoms with Gasteiger partial charge in [0.1, 0.15) is 5.54 Å². The summed E-state index contributed by atoms with van der Waals surface area (Å²) in [6.45, 7) is 9.47. The lowest BCUT2D eigenvalue weighted by Crippen LogP contribution is -2.51. The lowest BCUT2D eigenvalue weighted by atomic mass is 9.91. The van der Waals surface area contributed by atoms with Crippen LogP contribution in [0.1, 0.15) is 52.9 Å². The van der Waals surface area contributed by atoms with Gasteiger partial charge in [-0.25, -0.2) is 0 Å². The number of ether oxygens (including phenoxy) is 1. The monoisotopic (exact) mass is 271 g/mol. The van der Waals surface area contributed by atoms with E-state index < -0.39 is 11.5 Å². The molecular formula is C15H29NO3. The zero-order chi connectivity index (χ0) is 14.3. The van der Waals surface area contributed by atoms with Crippen LogP contribution in [0, 0.1) is 5.92 Å². The fourth-order valence-corrected chi connectivity index (χ4v) is 2.90. The largest absolute Gasteiger partial charge is 0.480 e. The highest BCUT2D eigenvalue weighted by molar-refractivity contribution is 5.79. The van der Waals surface area contributed by atoms with Crippen molar-refractivity contribution in [3.8, 4) is 0 Å². The smallest absolute Gasteiger partial charge is 0.324 e. The van der Waals surface area contributed by atoms with E-state index in [0.29, 0.717) is 12.5 Å². The summed E-state index contributed by atoms with van der Waals surface area (Å²) < 4.78 is 5.62. The Labute approximate surface area is 117 Å². The summed E-state index contributed by atoms with van der Waals surface area (Å²) in [5.41, 5.74) is -0.629. The molecule has 19 heavy (non-hydrogen) atoms. The molecule has 1 aliphatic heterocycles. The van der Waals surface area contributed by atoms with E-state index in [1.54, 1.807) is 0 Å². The molecule has 1 fully saturated rings. The Balaban J connectivity index is 2.40. The minimum absolute atomic E-state index is 0.629. The minimum atomic E-state index is -0.658. The quantitative estimate of drug-likeness (QED) is 0.655. The number of nitrogens with zero attached hydrogens (tertiary/aromatic N) is 1. The van der Waals surface area contributed by atoms with Gasteiger partial charge in [0, 0.05) is 13.2 Å². The molecule has 4 heteroatoms. The molecule has 4 nitrogen and oxygen atoms in total. The molecule has 1 heterocycles. The number of likely N-dealkylation sites (tertiary alicyclic amines) is 1. The molecule has 1 saturated heterocycles. The predicted octanol–water partition coefficient (Wildman–Crippen LogP) is 2.77. The van der Waals surface area contributed by atoms with Crippen LogP contribution in [0.3, 0.4) is 0 Å². The maximum atomic E-state index is 11.6. The van der Waals surface area contributed by atoms with Gasteiger partial charge < -0.3 is 9.84 Å². The Bertz CT molecular complexity index is 281. The highest BCUT2D eigenvalue weighted by Gasteiger charge is 2.46. The summed E-state index contributed by atoms with van der Waals surface area (Å²) >= 11 is 0. The zero-order valence-electron chi connectivity index (χ0n) is 12.7. The third kappa shape index (κ3) is 4.46. The van der Waals surface area contributed by atoms with Gasteiger partial charge in [-0.05, 0) is 38.1 Å². The molecule has 0 saturated carbocycles. The van der Waals surface area contributed by atoms with Crippen molar-refractivity contribution in [1.82, 2.24) is 4.90 Å². The van der Waals surface area contributed by atoms with Crippen LogP contribution in [-0.2, 0) is 9.53 Å². The van der Waals surface area contributed by atoms with Crippen LogP contribution in [0.25, 0.3) is 0 Å². The molecule has 1 rings (SSSR count). The number of aliphatic carboxylic acids is 1. The molecule has 1 N–H and O–H groups in total. The molecule has 0 aromatic carbocycles. The second-order valence-corrected chi connectivity index (χ2v) is 5.97. The lowest BCUT2D eigenvalue weighted by Gasteiger charge is -2.34. The van der Waals surface area contributed by atoms with Crippen LogP contribution in [0.4, 0.5) is 0 Å². The molecule has 0 aromatic rings. The van der Waals surface area contributed by atoms with Crippen molar-refractivity contribution >= 4 is 5.97 Å². The third-order valence-electron chi connectivity index (χ3n) is 4.03. The summed E-state index contributed by atoms with van der Waals surface area (Å²) in [5.74, 6) is -0.000909.